The van der Waals surface area contributed by atoms with E-state index in [2.05, 4.69) is 17.1 Å². The van der Waals surface area contributed by atoms with Crippen LogP contribution in [-0.4, -0.2) is 67.1 Å². The van der Waals surface area contributed by atoms with Crippen LogP contribution in [0.1, 0.15) is 39.5 Å². The van der Waals surface area contributed by atoms with Gasteiger partial charge in [-0.15, -0.1) is 0 Å². The third-order valence-electron chi connectivity index (χ3n) is 3.96. The topological polar surface area (TPSA) is 44.7 Å². The summed E-state index contributed by atoms with van der Waals surface area (Å²) >= 11 is 0. The second-order valence-electron chi connectivity index (χ2n) is 5.94. The number of ether oxygens (including phenoxy) is 1. The van der Waals surface area contributed by atoms with Gasteiger partial charge in [-0.3, -0.25) is 0 Å². The Morgan fingerprint density at radius 2 is 1.95 bits per heavy atom. The smallest absolute Gasteiger partial charge is 0.151 e. The monoisotopic (exact) mass is 350 g/mol. The second kappa shape index (κ2) is 13.9. The highest BCUT2D eigenvalue weighted by Crippen LogP contribution is 2.23. The number of aliphatic hydroxyl groups excluding tert-OH is 1. The van der Waals surface area contributed by atoms with E-state index in [1.807, 2.05) is 21.6 Å². The molecule has 1 heterocycles. The Kier molecular flexibility index (Phi) is 13.0. The lowest BCUT2D eigenvalue weighted by molar-refractivity contribution is -0.0893. The molecular formula is C16H34N2O2S2. The van der Waals surface area contributed by atoms with Gasteiger partial charge in [-0.1, -0.05) is 28.5 Å². The van der Waals surface area contributed by atoms with Crippen molar-refractivity contribution in [2.75, 3.05) is 50.8 Å². The first-order chi connectivity index (χ1) is 10.7. The van der Waals surface area contributed by atoms with Gasteiger partial charge in [-0.2, -0.15) is 0 Å². The van der Waals surface area contributed by atoms with Crippen LogP contribution in [0.5, 0.6) is 0 Å². The fraction of sp³-hybridized carbons (Fsp3) is 1.00. The van der Waals surface area contributed by atoms with Crippen molar-refractivity contribution in [3.05, 3.63) is 0 Å². The van der Waals surface area contributed by atoms with Crippen LogP contribution in [0.2, 0.25) is 0 Å². The maximum absolute atomic E-state index is 9.09. The molecule has 1 fully saturated rings. The van der Waals surface area contributed by atoms with Gasteiger partial charge in [0.05, 0.1) is 0 Å². The lowest BCUT2D eigenvalue weighted by Crippen LogP contribution is -2.35. The molecule has 4 nitrogen and oxygen atoms in total. The normalized spacial score (nSPS) is 18.7. The summed E-state index contributed by atoms with van der Waals surface area (Å²) < 4.78 is 5.23. The molecule has 1 rings (SSSR count). The van der Waals surface area contributed by atoms with E-state index in [1.54, 1.807) is 6.92 Å². The number of rotatable bonds is 13. The molecule has 0 spiro atoms. The van der Waals surface area contributed by atoms with E-state index in [9.17, 15) is 0 Å². The Bertz CT molecular complexity index is 250. The zero-order chi connectivity index (χ0) is 16.0. The molecule has 0 aromatic carbocycles. The minimum Gasteiger partial charge on any atom is -0.368 e. The molecule has 1 atom stereocenters. The molecule has 0 aliphatic carbocycles. The van der Waals surface area contributed by atoms with Gasteiger partial charge in [-0.25, -0.2) is 0 Å². The van der Waals surface area contributed by atoms with Gasteiger partial charge in [0.15, 0.2) is 6.29 Å². The molecule has 0 bridgehead atoms. The molecule has 1 saturated heterocycles. The molecule has 1 unspecified atom stereocenters. The zero-order valence-corrected chi connectivity index (χ0v) is 15.9. The fourth-order valence-electron chi connectivity index (χ4n) is 2.60. The molecule has 2 N–H and O–H groups in total. The summed E-state index contributed by atoms with van der Waals surface area (Å²) in [6, 6.07) is 0. The van der Waals surface area contributed by atoms with Crippen LogP contribution >= 0.6 is 21.6 Å². The first kappa shape index (κ1) is 20.6. The van der Waals surface area contributed by atoms with Crippen molar-refractivity contribution in [1.29, 1.82) is 0 Å². The number of piperidine rings is 1. The highest BCUT2D eigenvalue weighted by Gasteiger charge is 2.18. The first-order valence-corrected chi connectivity index (χ1v) is 11.2. The van der Waals surface area contributed by atoms with Gasteiger partial charge < -0.3 is 20.1 Å². The highest BCUT2D eigenvalue weighted by atomic mass is 33.1. The molecule has 1 aliphatic heterocycles. The van der Waals surface area contributed by atoms with Crippen LogP contribution in [0, 0.1) is 5.92 Å². The minimum absolute atomic E-state index is 0.619. The van der Waals surface area contributed by atoms with Gasteiger partial charge in [0, 0.05) is 31.2 Å². The van der Waals surface area contributed by atoms with Crippen LogP contribution < -0.4 is 5.32 Å². The summed E-state index contributed by atoms with van der Waals surface area (Å²) in [4.78, 5) is 2.59. The maximum Gasteiger partial charge on any atom is 0.151 e. The molecule has 1 aliphatic rings. The number of nitrogens with zero attached hydrogens (tertiary/aromatic N) is 1. The molecule has 0 radical (unpaired) electrons. The van der Waals surface area contributed by atoms with E-state index in [1.165, 1.54) is 50.4 Å². The van der Waals surface area contributed by atoms with Gasteiger partial charge in [0.2, 0.25) is 0 Å². The summed E-state index contributed by atoms with van der Waals surface area (Å²) in [6.45, 7) is 10.5. The Balaban J connectivity index is 1.88. The third kappa shape index (κ3) is 11.1. The molecule has 0 amide bonds. The van der Waals surface area contributed by atoms with Gasteiger partial charge in [0.1, 0.15) is 0 Å². The lowest BCUT2D eigenvalue weighted by atomic mass is 9.94. The van der Waals surface area contributed by atoms with Crippen molar-refractivity contribution >= 4 is 21.6 Å². The molecule has 132 valence electrons. The summed E-state index contributed by atoms with van der Waals surface area (Å²) in [5.41, 5.74) is 0. The van der Waals surface area contributed by atoms with Gasteiger partial charge in [-0.05, 0) is 58.2 Å². The molecule has 0 aromatic rings. The van der Waals surface area contributed by atoms with Crippen LogP contribution in [0.3, 0.4) is 0 Å². The molecule has 0 aromatic heterocycles. The number of hydrogen-bond acceptors (Lipinski definition) is 6. The fourth-order valence-corrected chi connectivity index (χ4v) is 4.58. The van der Waals surface area contributed by atoms with Crippen molar-refractivity contribution in [2.45, 2.75) is 45.8 Å². The van der Waals surface area contributed by atoms with E-state index in [0.717, 1.165) is 25.4 Å². The number of aliphatic hydroxyl groups is 1. The van der Waals surface area contributed by atoms with E-state index >= 15 is 0 Å². The van der Waals surface area contributed by atoms with E-state index in [4.69, 9.17) is 9.84 Å². The summed E-state index contributed by atoms with van der Waals surface area (Å²) in [5, 5.41) is 12.5. The average molecular weight is 351 g/mol. The summed E-state index contributed by atoms with van der Waals surface area (Å²) in [7, 11) is 4.00. The number of likely N-dealkylation sites (tertiary alicyclic amines) is 1. The number of nitrogens with one attached hydrogen (secondary N) is 1. The minimum atomic E-state index is -0.619. The molecule has 22 heavy (non-hydrogen) atoms. The number of hydrogen-bond donors (Lipinski definition) is 2. The summed E-state index contributed by atoms with van der Waals surface area (Å²) in [5.74, 6) is 3.21. The Morgan fingerprint density at radius 1 is 1.23 bits per heavy atom. The predicted molar refractivity (Wildman–Crippen MR) is 99.5 cm³/mol. The van der Waals surface area contributed by atoms with Crippen molar-refractivity contribution in [3.8, 4) is 0 Å². The van der Waals surface area contributed by atoms with Gasteiger partial charge >= 0.3 is 0 Å². The second-order valence-corrected chi connectivity index (χ2v) is 8.64. The predicted octanol–water partition coefficient (Wildman–Crippen LogP) is 2.82. The zero-order valence-electron chi connectivity index (χ0n) is 14.3. The molecule has 0 saturated carbocycles. The first-order valence-electron chi connectivity index (χ1n) is 8.69. The lowest BCUT2D eigenvalue weighted by Gasteiger charge is -2.31. The van der Waals surface area contributed by atoms with Crippen molar-refractivity contribution < 1.29 is 9.84 Å². The highest BCUT2D eigenvalue weighted by molar-refractivity contribution is 8.76. The van der Waals surface area contributed by atoms with E-state index in [0.29, 0.717) is 6.61 Å². The largest absolute Gasteiger partial charge is 0.368 e. The molecular weight excluding hydrogens is 316 g/mol. The van der Waals surface area contributed by atoms with Crippen molar-refractivity contribution in [3.63, 3.8) is 0 Å². The Hall–Kier alpha value is 0.540. The average Bonchev–Trinajstić information content (AvgIpc) is 2.51. The Labute approximate surface area is 144 Å². The van der Waals surface area contributed by atoms with Gasteiger partial charge in [0.25, 0.3) is 0 Å². The van der Waals surface area contributed by atoms with E-state index in [-0.39, 0.29) is 0 Å². The standard InChI is InChI=1S/C16H34N2O2S2/c1-3-7-17-8-13-21-22-14-11-18-9-4-16(5-10-18)6-12-20-15(2)19/h15-17,19H,3-14H2,1-2H3. The molecule has 6 heteroatoms. The van der Waals surface area contributed by atoms with Crippen LogP contribution in [-0.2, 0) is 4.74 Å². The van der Waals surface area contributed by atoms with Crippen LogP contribution in [0.15, 0.2) is 0 Å². The maximum atomic E-state index is 9.09. The van der Waals surface area contributed by atoms with E-state index < -0.39 is 6.29 Å². The third-order valence-corrected chi connectivity index (χ3v) is 6.34. The Morgan fingerprint density at radius 3 is 2.64 bits per heavy atom. The van der Waals surface area contributed by atoms with Crippen LogP contribution in [0.4, 0.5) is 0 Å². The quantitative estimate of drug-likeness (QED) is 0.302. The van der Waals surface area contributed by atoms with Crippen LogP contribution in [0.25, 0.3) is 0 Å². The van der Waals surface area contributed by atoms with Crippen molar-refractivity contribution in [1.82, 2.24) is 10.2 Å². The van der Waals surface area contributed by atoms with Crippen molar-refractivity contribution in [2.24, 2.45) is 5.92 Å². The summed E-state index contributed by atoms with van der Waals surface area (Å²) in [6.07, 6.45) is 4.25. The SMILES string of the molecule is CCCNCCSSCCN1CCC(CCOC(C)O)CC1.